The van der Waals surface area contributed by atoms with E-state index in [1.165, 1.54) is 0 Å². The van der Waals surface area contributed by atoms with Crippen LogP contribution in [0.5, 0.6) is 0 Å². The minimum atomic E-state index is -1.54. The summed E-state index contributed by atoms with van der Waals surface area (Å²) in [5.41, 5.74) is 0. The lowest BCUT2D eigenvalue weighted by Crippen LogP contribution is -2.11. The predicted molar refractivity (Wildman–Crippen MR) is 60.1 cm³/mol. The maximum Gasteiger partial charge on any atom is 0.510 e. The SMILES string of the molecule is CCOC(C)OCC.O=C(O)O/C=C/OC(=O)O. The van der Waals surface area contributed by atoms with E-state index < -0.39 is 12.3 Å². The van der Waals surface area contributed by atoms with Crippen molar-refractivity contribution in [3.05, 3.63) is 12.5 Å². The van der Waals surface area contributed by atoms with Crippen LogP contribution in [0.2, 0.25) is 0 Å². The maximum atomic E-state index is 9.57. The Hall–Kier alpha value is -1.80. The van der Waals surface area contributed by atoms with E-state index in [4.69, 9.17) is 19.7 Å². The van der Waals surface area contributed by atoms with Crippen LogP contribution in [0.15, 0.2) is 12.5 Å². The van der Waals surface area contributed by atoms with Crippen molar-refractivity contribution in [1.29, 1.82) is 0 Å². The van der Waals surface area contributed by atoms with Gasteiger partial charge in [0.1, 0.15) is 12.5 Å². The molecule has 18 heavy (non-hydrogen) atoms. The molecule has 0 radical (unpaired) electrons. The van der Waals surface area contributed by atoms with Crippen LogP contribution in [-0.4, -0.2) is 42.0 Å². The summed E-state index contributed by atoms with van der Waals surface area (Å²) in [7, 11) is 0. The number of carbonyl (C=O) groups is 2. The highest BCUT2D eigenvalue weighted by molar-refractivity contribution is 5.58. The molecule has 0 fully saturated rings. The maximum absolute atomic E-state index is 9.57. The third-order valence-corrected chi connectivity index (χ3v) is 1.20. The monoisotopic (exact) mass is 266 g/mol. The Kier molecular flexibility index (Phi) is 13.7. The van der Waals surface area contributed by atoms with Gasteiger partial charge in [0.05, 0.1) is 0 Å². The van der Waals surface area contributed by atoms with Crippen molar-refractivity contribution in [3.8, 4) is 0 Å². The van der Waals surface area contributed by atoms with Crippen LogP contribution in [0, 0.1) is 0 Å². The zero-order valence-corrected chi connectivity index (χ0v) is 10.5. The average molecular weight is 266 g/mol. The fraction of sp³-hybridized carbons (Fsp3) is 0.600. The zero-order valence-electron chi connectivity index (χ0n) is 10.5. The molecular weight excluding hydrogens is 248 g/mol. The molecule has 0 aliphatic carbocycles. The molecule has 8 heteroatoms. The third-order valence-electron chi connectivity index (χ3n) is 1.20. The van der Waals surface area contributed by atoms with Gasteiger partial charge >= 0.3 is 12.3 Å². The quantitative estimate of drug-likeness (QED) is 0.427. The molecule has 0 saturated heterocycles. The van der Waals surface area contributed by atoms with Gasteiger partial charge in [-0.05, 0) is 20.8 Å². The van der Waals surface area contributed by atoms with E-state index in [1.54, 1.807) is 0 Å². The van der Waals surface area contributed by atoms with Gasteiger partial charge in [-0.3, -0.25) is 0 Å². The number of hydrogen-bond acceptors (Lipinski definition) is 6. The molecule has 0 aromatic carbocycles. The van der Waals surface area contributed by atoms with Gasteiger partial charge in [-0.1, -0.05) is 0 Å². The molecule has 0 unspecified atom stereocenters. The van der Waals surface area contributed by atoms with Crippen LogP contribution >= 0.6 is 0 Å². The highest BCUT2D eigenvalue weighted by atomic mass is 16.7. The van der Waals surface area contributed by atoms with E-state index in [2.05, 4.69) is 9.47 Å². The zero-order chi connectivity index (χ0) is 14.4. The minimum Gasteiger partial charge on any atom is -0.449 e. The Labute approximate surface area is 105 Å². The summed E-state index contributed by atoms with van der Waals surface area (Å²) in [5, 5.41) is 15.6. The van der Waals surface area contributed by atoms with Gasteiger partial charge in [0.25, 0.3) is 0 Å². The van der Waals surface area contributed by atoms with Gasteiger partial charge in [0.15, 0.2) is 6.29 Å². The first kappa shape index (κ1) is 18.6. The predicted octanol–water partition coefficient (Wildman–Crippen LogP) is 2.25. The van der Waals surface area contributed by atoms with Crippen LogP contribution in [0.4, 0.5) is 9.59 Å². The van der Waals surface area contributed by atoms with Crippen LogP contribution < -0.4 is 0 Å². The molecule has 0 atom stereocenters. The highest BCUT2D eigenvalue weighted by Crippen LogP contribution is 1.90. The Bertz CT molecular complexity index is 226. The Morgan fingerprint density at radius 3 is 1.56 bits per heavy atom. The topological polar surface area (TPSA) is 112 Å². The first-order valence-electron chi connectivity index (χ1n) is 5.11. The van der Waals surface area contributed by atoms with Crippen LogP contribution in [0.25, 0.3) is 0 Å². The number of rotatable bonds is 6. The molecule has 0 aliphatic heterocycles. The van der Waals surface area contributed by atoms with Crippen molar-refractivity contribution in [3.63, 3.8) is 0 Å². The van der Waals surface area contributed by atoms with Gasteiger partial charge in [0, 0.05) is 13.2 Å². The van der Waals surface area contributed by atoms with Crippen LogP contribution in [0.3, 0.4) is 0 Å². The molecule has 0 heterocycles. The van der Waals surface area contributed by atoms with Crippen molar-refractivity contribution in [2.45, 2.75) is 27.1 Å². The fourth-order valence-corrected chi connectivity index (χ4v) is 0.689. The molecular formula is C10H18O8. The standard InChI is InChI=1S/C6H14O2.C4H4O6/c1-4-7-6(3)8-5-2;5-3(6)9-1-2-10-4(7)8/h6H,4-5H2,1-3H3;1-2H,(H,5,6)(H,7,8)/b;2-1+. The third kappa shape index (κ3) is 19.7. The molecule has 0 saturated carbocycles. The summed E-state index contributed by atoms with van der Waals surface area (Å²) in [6.07, 6.45) is -1.92. The Morgan fingerprint density at radius 1 is 1.00 bits per heavy atom. The van der Waals surface area contributed by atoms with Gasteiger partial charge < -0.3 is 29.2 Å². The van der Waals surface area contributed by atoms with Gasteiger partial charge in [-0.2, -0.15) is 0 Å². The summed E-state index contributed by atoms with van der Waals surface area (Å²) in [6.45, 7) is 7.25. The van der Waals surface area contributed by atoms with Crippen LogP contribution in [0.1, 0.15) is 20.8 Å². The molecule has 0 spiro atoms. The Morgan fingerprint density at radius 2 is 1.33 bits per heavy atom. The van der Waals surface area contributed by atoms with Crippen molar-refractivity contribution in [1.82, 2.24) is 0 Å². The molecule has 106 valence electrons. The fourth-order valence-electron chi connectivity index (χ4n) is 0.689. The second-order valence-corrected chi connectivity index (χ2v) is 2.52. The average Bonchev–Trinajstić information content (AvgIpc) is 2.25. The first-order valence-corrected chi connectivity index (χ1v) is 5.11. The second-order valence-electron chi connectivity index (χ2n) is 2.52. The lowest BCUT2D eigenvalue weighted by molar-refractivity contribution is -0.123. The molecule has 0 aromatic heterocycles. The Balaban J connectivity index is 0. The molecule has 8 nitrogen and oxygen atoms in total. The second kappa shape index (κ2) is 13.3. The molecule has 0 rings (SSSR count). The van der Waals surface area contributed by atoms with E-state index in [1.807, 2.05) is 20.8 Å². The van der Waals surface area contributed by atoms with E-state index >= 15 is 0 Å². The summed E-state index contributed by atoms with van der Waals surface area (Å²) in [5.74, 6) is 0. The molecule has 0 aromatic rings. The minimum absolute atomic E-state index is 0.0370. The summed E-state index contributed by atoms with van der Waals surface area (Å²) >= 11 is 0. The van der Waals surface area contributed by atoms with Gasteiger partial charge in [0.2, 0.25) is 0 Å². The van der Waals surface area contributed by atoms with Crippen molar-refractivity contribution < 1.29 is 38.7 Å². The largest absolute Gasteiger partial charge is 0.510 e. The van der Waals surface area contributed by atoms with Crippen molar-refractivity contribution in [2.75, 3.05) is 13.2 Å². The summed E-state index contributed by atoms with van der Waals surface area (Å²) < 4.78 is 17.6. The number of ether oxygens (including phenoxy) is 4. The van der Waals surface area contributed by atoms with Gasteiger partial charge in [-0.15, -0.1) is 0 Å². The van der Waals surface area contributed by atoms with Crippen LogP contribution in [-0.2, 0) is 18.9 Å². The summed E-state index contributed by atoms with van der Waals surface area (Å²) in [4.78, 5) is 19.1. The molecule has 0 bridgehead atoms. The number of carboxylic acid groups (broad SMARTS) is 2. The number of hydrogen-bond donors (Lipinski definition) is 2. The molecule has 2 N–H and O–H groups in total. The van der Waals surface area contributed by atoms with E-state index in [0.717, 1.165) is 13.2 Å². The normalized spacial score (nSPS) is 9.78. The first-order chi connectivity index (χ1) is 8.43. The van der Waals surface area contributed by atoms with E-state index in [-0.39, 0.29) is 6.29 Å². The lowest BCUT2D eigenvalue weighted by Gasteiger charge is -2.09. The van der Waals surface area contributed by atoms with Crippen molar-refractivity contribution in [2.24, 2.45) is 0 Å². The van der Waals surface area contributed by atoms with Gasteiger partial charge in [-0.25, -0.2) is 9.59 Å². The summed E-state index contributed by atoms with van der Waals surface area (Å²) in [6, 6.07) is 0. The van der Waals surface area contributed by atoms with Crippen molar-refractivity contribution >= 4 is 12.3 Å². The highest BCUT2D eigenvalue weighted by Gasteiger charge is 1.94. The molecule has 0 amide bonds. The molecule has 0 aliphatic rings. The smallest absolute Gasteiger partial charge is 0.449 e. The lowest BCUT2D eigenvalue weighted by atomic mass is 10.7. The van der Waals surface area contributed by atoms with E-state index in [0.29, 0.717) is 12.5 Å². The van der Waals surface area contributed by atoms with E-state index in [9.17, 15) is 9.59 Å².